The fraction of sp³-hybridized carbons (Fsp3) is 0.167. The molecule has 32 valence electrons. The van der Waals surface area contributed by atoms with Crippen LogP contribution in [0.3, 0.4) is 0 Å². The van der Waals surface area contributed by atoms with Gasteiger partial charge in [0.2, 0.25) is 0 Å². The first-order valence-electron chi connectivity index (χ1n) is 1.82. The first kappa shape index (κ1) is 5.48. The molecule has 2 radical (unpaired) electrons. The third-order valence-electron chi connectivity index (χ3n) is 0.585. The third-order valence-corrected chi connectivity index (χ3v) is 0.585. The molecule has 0 heteroatoms. The fourth-order valence-corrected chi connectivity index (χ4v) is 0.0680. The van der Waals surface area contributed by atoms with Gasteiger partial charge >= 0.3 is 0 Å². The lowest BCUT2D eigenvalue weighted by Crippen LogP contribution is -1.57. The maximum atomic E-state index is 5.05. The van der Waals surface area contributed by atoms with Crippen molar-refractivity contribution in [3.8, 4) is 0 Å². The summed E-state index contributed by atoms with van der Waals surface area (Å²) in [6.07, 6.45) is 3.23. The normalized spacial score (nSPS) is 11.3. The lowest BCUT2D eigenvalue weighted by atomic mass is 10.3. The number of allylic oxidation sites excluding steroid dienone is 3. The second-order valence-corrected chi connectivity index (χ2v) is 1.11. The Kier molecular flexibility index (Phi) is 2.47. The van der Waals surface area contributed by atoms with Crippen molar-refractivity contribution in [3.05, 3.63) is 31.2 Å². The molecule has 0 aliphatic rings. The quantitative estimate of drug-likeness (QED) is 0.421. The van der Waals surface area contributed by atoms with Gasteiger partial charge in [0.1, 0.15) is 0 Å². The minimum atomic E-state index is 1.01. The Bertz CT molecular complexity index is 68.1. The molecule has 0 aliphatic heterocycles. The Morgan fingerprint density at radius 1 is 1.83 bits per heavy atom. The molecule has 0 heterocycles. The molecule has 0 aromatic heterocycles. The number of hydrogen-bond acceptors (Lipinski definition) is 0. The molecule has 0 fully saturated rings. The summed E-state index contributed by atoms with van der Waals surface area (Å²) in [7, 11) is 0. The zero-order chi connectivity index (χ0) is 4.99. The van der Waals surface area contributed by atoms with Gasteiger partial charge in [-0.1, -0.05) is 24.3 Å². The van der Waals surface area contributed by atoms with Crippen LogP contribution in [-0.2, 0) is 0 Å². The number of hydrogen-bond donors (Lipinski definition) is 0. The summed E-state index contributed by atoms with van der Waals surface area (Å²) in [5, 5.41) is 0. The topological polar surface area (TPSA) is 0 Å². The summed E-state index contributed by atoms with van der Waals surface area (Å²) in [5.74, 6) is 0. The van der Waals surface area contributed by atoms with E-state index in [1.807, 2.05) is 6.92 Å². The van der Waals surface area contributed by atoms with E-state index in [9.17, 15) is 0 Å². The van der Waals surface area contributed by atoms with Crippen LogP contribution in [0.25, 0.3) is 0 Å². The summed E-state index contributed by atoms with van der Waals surface area (Å²) in [6.45, 7) is 10.4. The molecule has 0 nitrogen and oxygen atoms in total. The van der Waals surface area contributed by atoms with Gasteiger partial charge < -0.3 is 0 Å². The van der Waals surface area contributed by atoms with Crippen LogP contribution in [-0.4, -0.2) is 0 Å². The first-order valence-corrected chi connectivity index (χ1v) is 1.82. The molecule has 0 aromatic rings. The van der Waals surface area contributed by atoms with E-state index in [2.05, 4.69) is 6.92 Å². The second-order valence-electron chi connectivity index (χ2n) is 1.11. The molecule has 0 saturated carbocycles. The summed E-state index contributed by atoms with van der Waals surface area (Å²) >= 11 is 0. The van der Waals surface area contributed by atoms with Gasteiger partial charge in [0.15, 0.2) is 0 Å². The monoisotopic (exact) mass is 80.1 g/mol. The van der Waals surface area contributed by atoms with E-state index in [4.69, 9.17) is 6.58 Å². The largest absolute Gasteiger partial charge is 0.0813 e. The van der Waals surface area contributed by atoms with Crippen LogP contribution >= 0.6 is 0 Å². The van der Waals surface area contributed by atoms with Gasteiger partial charge in [-0.05, 0) is 13.8 Å². The molecule has 0 atom stereocenters. The lowest BCUT2D eigenvalue weighted by Gasteiger charge is -1.78. The van der Waals surface area contributed by atoms with Crippen LogP contribution in [0.2, 0.25) is 0 Å². The minimum absolute atomic E-state index is 1.01. The van der Waals surface area contributed by atoms with E-state index >= 15 is 0 Å². The highest BCUT2D eigenvalue weighted by molar-refractivity contribution is 5.12. The van der Waals surface area contributed by atoms with Crippen molar-refractivity contribution in [2.75, 3.05) is 0 Å². The zero-order valence-corrected chi connectivity index (χ0v) is 3.94. The van der Waals surface area contributed by atoms with Crippen molar-refractivity contribution >= 4 is 0 Å². The average Bonchev–Trinajstić information content (AvgIpc) is 1.65. The molecule has 0 aliphatic carbocycles. The maximum Gasteiger partial charge on any atom is -0.0310 e. The third kappa shape index (κ3) is 1.77. The van der Waals surface area contributed by atoms with E-state index in [1.165, 1.54) is 6.08 Å². The molecule has 0 amide bonds. The van der Waals surface area contributed by atoms with Gasteiger partial charge in [0.05, 0.1) is 0 Å². The summed E-state index contributed by atoms with van der Waals surface area (Å²) in [6, 6.07) is 0. The van der Waals surface area contributed by atoms with Crippen LogP contribution in [0, 0.1) is 13.5 Å². The second kappa shape index (κ2) is 2.70. The van der Waals surface area contributed by atoms with Crippen LogP contribution in [0.15, 0.2) is 17.7 Å². The molecule has 0 bridgehead atoms. The van der Waals surface area contributed by atoms with E-state index < -0.39 is 0 Å². The van der Waals surface area contributed by atoms with Gasteiger partial charge in [-0.3, -0.25) is 0 Å². The maximum absolute atomic E-state index is 5.05. The van der Waals surface area contributed by atoms with Crippen LogP contribution < -0.4 is 0 Å². The van der Waals surface area contributed by atoms with E-state index in [-0.39, 0.29) is 0 Å². The highest BCUT2D eigenvalue weighted by atomic mass is 13.7. The van der Waals surface area contributed by atoms with Crippen LogP contribution in [0.1, 0.15) is 6.92 Å². The van der Waals surface area contributed by atoms with Crippen LogP contribution in [0.5, 0.6) is 0 Å². The molecule has 6 heavy (non-hydrogen) atoms. The Hall–Kier alpha value is -0.520. The summed E-state index contributed by atoms with van der Waals surface area (Å²) in [5.41, 5.74) is 1.01. The van der Waals surface area contributed by atoms with Gasteiger partial charge in [0.25, 0.3) is 0 Å². The summed E-state index contributed by atoms with van der Waals surface area (Å²) < 4.78 is 0. The molecular formula is C6H8. The molecular weight excluding hydrogens is 72.1 g/mol. The van der Waals surface area contributed by atoms with Crippen molar-refractivity contribution in [2.45, 2.75) is 6.92 Å². The molecule has 0 N–H and O–H groups in total. The van der Waals surface area contributed by atoms with E-state index in [0.29, 0.717) is 0 Å². The van der Waals surface area contributed by atoms with E-state index in [0.717, 1.165) is 5.57 Å². The van der Waals surface area contributed by atoms with Gasteiger partial charge in [-0.25, -0.2) is 0 Å². The van der Waals surface area contributed by atoms with Crippen molar-refractivity contribution in [1.82, 2.24) is 0 Å². The van der Waals surface area contributed by atoms with Crippen molar-refractivity contribution < 1.29 is 0 Å². The Labute approximate surface area is 39.2 Å². The SMILES string of the molecule is [CH]=CC(C)=C[CH2]. The van der Waals surface area contributed by atoms with Crippen molar-refractivity contribution in [3.63, 3.8) is 0 Å². The van der Waals surface area contributed by atoms with Crippen molar-refractivity contribution in [2.24, 2.45) is 0 Å². The lowest BCUT2D eigenvalue weighted by molar-refractivity contribution is 1.53. The van der Waals surface area contributed by atoms with Crippen molar-refractivity contribution in [1.29, 1.82) is 0 Å². The molecule has 0 saturated heterocycles. The highest BCUT2D eigenvalue weighted by Crippen LogP contribution is 1.87. The molecule has 0 unspecified atom stereocenters. The predicted molar refractivity (Wildman–Crippen MR) is 28.0 cm³/mol. The van der Waals surface area contributed by atoms with Gasteiger partial charge in [-0.15, -0.1) is 0 Å². The predicted octanol–water partition coefficient (Wildman–Crippen LogP) is 1.76. The zero-order valence-electron chi connectivity index (χ0n) is 3.94. The Morgan fingerprint density at radius 2 is 2.33 bits per heavy atom. The first-order chi connectivity index (χ1) is 2.81. The minimum Gasteiger partial charge on any atom is -0.0813 e. The Balaban J connectivity index is 3.50. The molecule has 0 spiro atoms. The standard InChI is InChI=1S/C6H8/c1-4-6(3)5-2/h1,4-5H,2H2,3H3. The van der Waals surface area contributed by atoms with E-state index in [1.54, 1.807) is 6.08 Å². The molecule has 0 aromatic carbocycles. The highest BCUT2D eigenvalue weighted by Gasteiger charge is 1.67. The smallest absolute Gasteiger partial charge is 0.0310 e. The Morgan fingerprint density at radius 3 is 2.33 bits per heavy atom. The molecule has 0 rings (SSSR count). The average molecular weight is 80.1 g/mol. The fourth-order valence-electron chi connectivity index (χ4n) is 0.0680. The van der Waals surface area contributed by atoms with Crippen LogP contribution in [0.4, 0.5) is 0 Å². The van der Waals surface area contributed by atoms with Gasteiger partial charge in [-0.2, -0.15) is 0 Å². The van der Waals surface area contributed by atoms with Gasteiger partial charge in [0, 0.05) is 0 Å². The summed E-state index contributed by atoms with van der Waals surface area (Å²) in [4.78, 5) is 0. The number of rotatable bonds is 1.